The fraction of sp³-hybridized carbons (Fsp3) is 0.391. The Morgan fingerprint density at radius 2 is 1.86 bits per heavy atom. The molecule has 2 aromatic rings. The first-order valence-electron chi connectivity index (χ1n) is 11.4. The van der Waals surface area contributed by atoms with E-state index in [1.807, 2.05) is 13.0 Å². The fourth-order valence-electron chi connectivity index (χ4n) is 3.89. The summed E-state index contributed by atoms with van der Waals surface area (Å²) in [6.07, 6.45) is 4.30. The highest BCUT2D eigenvalue weighted by Crippen LogP contribution is 2.27. The van der Waals surface area contributed by atoms with Crippen molar-refractivity contribution >= 4 is 33.2 Å². The number of hydrogen-bond donors (Lipinski definition) is 3. The summed E-state index contributed by atoms with van der Waals surface area (Å²) >= 11 is 0. The van der Waals surface area contributed by atoms with Gasteiger partial charge in [0.1, 0.15) is 23.3 Å². The molecular formula is C23H32FN9O3S. The Labute approximate surface area is 216 Å². The molecule has 5 N–H and O–H groups in total. The Balaban J connectivity index is 1.95. The van der Waals surface area contributed by atoms with E-state index < -0.39 is 15.8 Å². The summed E-state index contributed by atoms with van der Waals surface area (Å²) < 4.78 is 44.3. The van der Waals surface area contributed by atoms with Gasteiger partial charge in [-0.05, 0) is 25.5 Å². The number of pyridine rings is 2. The molecule has 1 aliphatic rings. The van der Waals surface area contributed by atoms with Gasteiger partial charge in [-0.1, -0.05) is 6.58 Å². The third-order valence-corrected chi connectivity index (χ3v) is 7.11. The second-order valence-electron chi connectivity index (χ2n) is 8.53. The number of anilines is 2. The van der Waals surface area contributed by atoms with E-state index in [0.717, 1.165) is 5.56 Å². The molecule has 3 heterocycles. The number of nitrogens with two attached hydrogens (primary N) is 2. The highest BCUT2D eigenvalue weighted by Gasteiger charge is 2.27. The molecule has 0 bridgehead atoms. The van der Waals surface area contributed by atoms with Crippen LogP contribution < -0.4 is 21.5 Å². The van der Waals surface area contributed by atoms with Crippen LogP contribution in [0.3, 0.4) is 0 Å². The average Bonchev–Trinajstić information content (AvgIpc) is 2.83. The van der Waals surface area contributed by atoms with E-state index in [1.165, 1.54) is 29.9 Å². The van der Waals surface area contributed by atoms with Crippen LogP contribution in [-0.4, -0.2) is 78.8 Å². The number of nitrogens with zero attached hydrogens (tertiary/aromatic N) is 6. The smallest absolute Gasteiger partial charge is 0.250 e. The lowest BCUT2D eigenvalue weighted by molar-refractivity contribution is 0.146. The van der Waals surface area contributed by atoms with Gasteiger partial charge >= 0.3 is 0 Å². The van der Waals surface area contributed by atoms with Crippen LogP contribution in [0.25, 0.3) is 0 Å². The van der Waals surface area contributed by atoms with E-state index in [9.17, 15) is 12.8 Å². The number of halogens is 1. The number of ether oxygens (including phenoxy) is 1. The summed E-state index contributed by atoms with van der Waals surface area (Å²) in [5.74, 6) is 0.0389. The highest BCUT2D eigenvalue weighted by atomic mass is 32.2. The zero-order valence-electron chi connectivity index (χ0n) is 21.3. The normalized spacial score (nSPS) is 16.9. The lowest BCUT2D eigenvalue weighted by atomic mass is 10.0. The van der Waals surface area contributed by atoms with Gasteiger partial charge in [0.2, 0.25) is 15.9 Å². The van der Waals surface area contributed by atoms with E-state index in [1.54, 1.807) is 13.1 Å². The van der Waals surface area contributed by atoms with Crippen LogP contribution in [0.4, 0.5) is 15.9 Å². The van der Waals surface area contributed by atoms with Crippen LogP contribution in [0.2, 0.25) is 0 Å². The molecule has 200 valence electrons. The third-order valence-electron chi connectivity index (χ3n) is 5.81. The Bertz CT molecular complexity index is 1320. The Kier molecular flexibility index (Phi) is 8.78. The summed E-state index contributed by atoms with van der Waals surface area (Å²) in [6, 6.07) is 2.97. The van der Waals surface area contributed by atoms with E-state index in [0.29, 0.717) is 49.1 Å². The van der Waals surface area contributed by atoms with Gasteiger partial charge in [0, 0.05) is 44.5 Å². The minimum atomic E-state index is -3.23. The zero-order valence-corrected chi connectivity index (χ0v) is 22.1. The Hall–Kier alpha value is -3.62. The number of rotatable bonds is 8. The van der Waals surface area contributed by atoms with Crippen molar-refractivity contribution in [1.82, 2.24) is 19.2 Å². The number of aromatic nitrogens is 2. The van der Waals surface area contributed by atoms with Crippen LogP contribution in [0.5, 0.6) is 5.88 Å². The number of nitrogens with one attached hydrogen (secondary N) is 1. The number of hydrogen-bond acceptors (Lipinski definition) is 9. The SMILES string of the molecule is C=C(N)N=C(C)N=C(N)c1cc([C@@H](C)N2CCN(S(C)(=O)=O)CC2)cnc1Nc1cnc(OC)c(F)c1. The summed E-state index contributed by atoms with van der Waals surface area (Å²) in [4.78, 5) is 18.9. The zero-order chi connectivity index (χ0) is 27.3. The minimum absolute atomic E-state index is 0.0842. The molecule has 1 saturated heterocycles. The molecule has 2 aromatic heterocycles. The number of amidine groups is 2. The molecule has 0 spiro atoms. The van der Waals surface area contributed by atoms with Gasteiger partial charge in [0.15, 0.2) is 5.82 Å². The van der Waals surface area contributed by atoms with Crippen molar-refractivity contribution < 1.29 is 17.5 Å². The molecule has 14 heteroatoms. The van der Waals surface area contributed by atoms with Gasteiger partial charge < -0.3 is 21.5 Å². The lowest BCUT2D eigenvalue weighted by Crippen LogP contribution is -2.48. The second kappa shape index (κ2) is 11.6. The summed E-state index contributed by atoms with van der Waals surface area (Å²) in [7, 11) is -1.90. The number of methoxy groups -OCH3 is 1. The standard InChI is InChI=1S/C23H32FN9O3S/c1-14(32-6-8-33(9-7-32)37(5,34)35)17-10-19(21(26)30-16(3)29-15(2)25)22(27-12-17)31-18-11-20(24)23(36-4)28-13-18/h10-14H,2,6-9,25H2,1,3-5H3,(H,27,31)(H2,26,29,30)/t14-/m1/s1. The van der Waals surface area contributed by atoms with E-state index >= 15 is 0 Å². The molecule has 3 rings (SSSR count). The predicted octanol–water partition coefficient (Wildman–Crippen LogP) is 1.56. The predicted molar refractivity (Wildman–Crippen MR) is 142 cm³/mol. The highest BCUT2D eigenvalue weighted by molar-refractivity contribution is 7.88. The van der Waals surface area contributed by atoms with Crippen molar-refractivity contribution in [2.45, 2.75) is 19.9 Å². The fourth-order valence-corrected chi connectivity index (χ4v) is 4.71. The van der Waals surface area contributed by atoms with Crippen molar-refractivity contribution in [3.05, 3.63) is 53.9 Å². The van der Waals surface area contributed by atoms with Gasteiger partial charge in [0.05, 0.1) is 30.8 Å². The molecule has 37 heavy (non-hydrogen) atoms. The van der Waals surface area contributed by atoms with Crippen molar-refractivity contribution in [3.8, 4) is 5.88 Å². The van der Waals surface area contributed by atoms with Crippen LogP contribution in [0.1, 0.15) is 31.0 Å². The lowest BCUT2D eigenvalue weighted by Gasteiger charge is -2.37. The van der Waals surface area contributed by atoms with Gasteiger partial charge in [0.25, 0.3) is 0 Å². The maximum Gasteiger partial charge on any atom is 0.250 e. The first-order chi connectivity index (χ1) is 17.4. The Morgan fingerprint density at radius 3 is 2.43 bits per heavy atom. The number of aliphatic imine (C=N–C) groups is 2. The molecule has 0 radical (unpaired) electrons. The quantitative estimate of drug-likeness (QED) is 0.337. The van der Waals surface area contributed by atoms with E-state index in [2.05, 4.69) is 36.7 Å². The number of sulfonamides is 1. The van der Waals surface area contributed by atoms with E-state index in [-0.39, 0.29) is 23.6 Å². The molecule has 0 amide bonds. The Morgan fingerprint density at radius 1 is 1.19 bits per heavy atom. The molecule has 1 fully saturated rings. The maximum atomic E-state index is 14.2. The average molecular weight is 534 g/mol. The topological polar surface area (TPSA) is 164 Å². The number of piperazine rings is 1. The molecule has 0 saturated carbocycles. The van der Waals surface area contributed by atoms with E-state index in [4.69, 9.17) is 16.2 Å². The van der Waals surface area contributed by atoms with Gasteiger partial charge in [-0.15, -0.1) is 0 Å². The third kappa shape index (κ3) is 7.21. The van der Waals surface area contributed by atoms with Crippen molar-refractivity contribution in [2.75, 3.05) is 44.9 Å². The molecule has 1 atom stereocenters. The second-order valence-corrected chi connectivity index (χ2v) is 10.5. The van der Waals surface area contributed by atoms with Crippen molar-refractivity contribution in [2.24, 2.45) is 21.5 Å². The molecule has 0 aliphatic carbocycles. The first-order valence-corrected chi connectivity index (χ1v) is 13.2. The largest absolute Gasteiger partial charge is 0.479 e. The van der Waals surface area contributed by atoms with Gasteiger partial charge in [-0.2, -0.15) is 4.31 Å². The first kappa shape index (κ1) is 28.0. The minimum Gasteiger partial charge on any atom is -0.479 e. The molecule has 1 aliphatic heterocycles. The van der Waals surface area contributed by atoms with Crippen LogP contribution >= 0.6 is 0 Å². The summed E-state index contributed by atoms with van der Waals surface area (Å²) in [5.41, 5.74) is 13.5. The molecule has 0 aromatic carbocycles. The monoisotopic (exact) mass is 533 g/mol. The van der Waals surface area contributed by atoms with Crippen LogP contribution in [-0.2, 0) is 10.0 Å². The van der Waals surface area contributed by atoms with Crippen LogP contribution in [0, 0.1) is 5.82 Å². The summed E-state index contributed by atoms with van der Waals surface area (Å²) in [6.45, 7) is 9.10. The molecule has 0 unspecified atom stereocenters. The van der Waals surface area contributed by atoms with Gasteiger partial charge in [-0.3, -0.25) is 4.90 Å². The van der Waals surface area contributed by atoms with Crippen molar-refractivity contribution in [1.29, 1.82) is 0 Å². The molecule has 12 nitrogen and oxygen atoms in total. The van der Waals surface area contributed by atoms with Gasteiger partial charge in [-0.25, -0.2) is 32.8 Å². The van der Waals surface area contributed by atoms with Crippen LogP contribution in [0.15, 0.2) is 46.9 Å². The van der Waals surface area contributed by atoms with Crippen molar-refractivity contribution in [3.63, 3.8) is 0 Å². The maximum absolute atomic E-state index is 14.2. The summed E-state index contributed by atoms with van der Waals surface area (Å²) in [5, 5.41) is 3.03. The molecular weight excluding hydrogens is 501 g/mol.